The summed E-state index contributed by atoms with van der Waals surface area (Å²) in [6.07, 6.45) is 3.72. The molecule has 2 aromatic heterocycles. The van der Waals surface area contributed by atoms with Crippen molar-refractivity contribution in [2.24, 2.45) is 4.99 Å². The van der Waals surface area contributed by atoms with Crippen molar-refractivity contribution in [2.45, 2.75) is 26.6 Å². The van der Waals surface area contributed by atoms with Crippen LogP contribution in [0.2, 0.25) is 0 Å². The van der Waals surface area contributed by atoms with Crippen LogP contribution < -0.4 is 10.6 Å². The smallest absolute Gasteiger partial charge is 0.341 e. The van der Waals surface area contributed by atoms with E-state index in [4.69, 9.17) is 9.15 Å². The number of carbonyl (C=O) groups is 1. The average Bonchev–Trinajstić information content (AvgIpc) is 3.38. The van der Waals surface area contributed by atoms with Crippen LogP contribution in [-0.4, -0.2) is 35.9 Å². The van der Waals surface area contributed by atoms with Gasteiger partial charge in [0, 0.05) is 26.0 Å². The number of aliphatic imine (C=N–C) groups is 1. The maximum Gasteiger partial charge on any atom is 0.341 e. The Hall–Kier alpha value is -3.55. The zero-order chi connectivity index (χ0) is 20.6. The second-order valence-electron chi connectivity index (χ2n) is 6.43. The Labute approximate surface area is 169 Å². The predicted octanol–water partition coefficient (Wildman–Crippen LogP) is 2.48. The van der Waals surface area contributed by atoms with Gasteiger partial charge in [0.05, 0.1) is 20.2 Å². The molecule has 0 spiro atoms. The first-order valence-electron chi connectivity index (χ1n) is 9.27. The van der Waals surface area contributed by atoms with Crippen molar-refractivity contribution in [3.8, 4) is 0 Å². The SMILES string of the molecule is CN=C(NCc1cc(C(=O)OC)c(C)o1)NCc1ccccc1Cn1cccn1. The number of rotatable bonds is 7. The number of furan rings is 1. The molecule has 0 fully saturated rings. The molecule has 0 amide bonds. The van der Waals surface area contributed by atoms with Crippen LogP contribution in [0.25, 0.3) is 0 Å². The van der Waals surface area contributed by atoms with Crippen LogP contribution in [0, 0.1) is 6.92 Å². The number of benzene rings is 1. The molecule has 0 saturated carbocycles. The van der Waals surface area contributed by atoms with Crippen LogP contribution >= 0.6 is 0 Å². The Kier molecular flexibility index (Phi) is 6.67. The number of esters is 1. The highest BCUT2D eigenvalue weighted by Crippen LogP contribution is 2.15. The topological polar surface area (TPSA) is 93.7 Å². The molecule has 0 aliphatic rings. The summed E-state index contributed by atoms with van der Waals surface area (Å²) in [7, 11) is 3.06. The van der Waals surface area contributed by atoms with E-state index in [1.54, 1.807) is 26.2 Å². The zero-order valence-electron chi connectivity index (χ0n) is 16.8. The Morgan fingerprint density at radius 3 is 2.66 bits per heavy atom. The molecular formula is C21H25N5O3. The molecule has 0 bridgehead atoms. The highest BCUT2D eigenvalue weighted by molar-refractivity contribution is 5.90. The maximum atomic E-state index is 11.7. The Bertz CT molecular complexity index is 976. The minimum atomic E-state index is -0.409. The highest BCUT2D eigenvalue weighted by Gasteiger charge is 2.15. The summed E-state index contributed by atoms with van der Waals surface area (Å²) in [5.41, 5.74) is 2.77. The number of carbonyl (C=O) groups excluding carboxylic acids is 1. The molecule has 8 nitrogen and oxygen atoms in total. The normalized spacial score (nSPS) is 11.3. The Morgan fingerprint density at radius 2 is 1.97 bits per heavy atom. The monoisotopic (exact) mass is 395 g/mol. The maximum absolute atomic E-state index is 11.7. The van der Waals surface area contributed by atoms with Gasteiger partial charge in [0.2, 0.25) is 0 Å². The molecule has 1 aromatic carbocycles. The fourth-order valence-corrected chi connectivity index (χ4v) is 2.97. The fourth-order valence-electron chi connectivity index (χ4n) is 2.97. The van der Waals surface area contributed by atoms with Gasteiger partial charge in [-0.2, -0.15) is 5.10 Å². The summed E-state index contributed by atoms with van der Waals surface area (Å²) in [4.78, 5) is 15.9. The number of aromatic nitrogens is 2. The Balaban J connectivity index is 1.58. The van der Waals surface area contributed by atoms with E-state index in [2.05, 4.69) is 32.9 Å². The standard InChI is InChI=1S/C21H25N5O3/c1-15-19(20(27)28-3)11-18(29-15)13-24-21(22-2)23-12-16-7-4-5-8-17(16)14-26-10-6-9-25-26/h4-11H,12-14H2,1-3H3,(H2,22,23,24). The summed E-state index contributed by atoms with van der Waals surface area (Å²) in [5, 5.41) is 10.8. The number of guanidine groups is 1. The molecule has 0 aliphatic heterocycles. The van der Waals surface area contributed by atoms with E-state index in [0.717, 1.165) is 5.56 Å². The molecule has 3 rings (SSSR count). The lowest BCUT2D eigenvalue weighted by atomic mass is 10.1. The van der Waals surface area contributed by atoms with Crippen molar-refractivity contribution in [3.63, 3.8) is 0 Å². The molecule has 0 aliphatic carbocycles. The van der Waals surface area contributed by atoms with E-state index in [-0.39, 0.29) is 0 Å². The van der Waals surface area contributed by atoms with Gasteiger partial charge in [0.15, 0.2) is 5.96 Å². The van der Waals surface area contributed by atoms with Crippen LogP contribution in [0.1, 0.15) is 33.0 Å². The van der Waals surface area contributed by atoms with Gasteiger partial charge in [-0.1, -0.05) is 24.3 Å². The molecule has 0 unspecified atom stereocenters. The number of aryl methyl sites for hydroxylation is 1. The molecule has 0 radical (unpaired) electrons. The summed E-state index contributed by atoms with van der Waals surface area (Å²) in [5.74, 6) is 1.38. The first kappa shape index (κ1) is 20.2. The van der Waals surface area contributed by atoms with E-state index < -0.39 is 5.97 Å². The van der Waals surface area contributed by atoms with Crippen molar-refractivity contribution in [1.82, 2.24) is 20.4 Å². The van der Waals surface area contributed by atoms with Crippen molar-refractivity contribution in [1.29, 1.82) is 0 Å². The minimum absolute atomic E-state index is 0.395. The molecule has 0 saturated heterocycles. The van der Waals surface area contributed by atoms with E-state index in [1.165, 1.54) is 12.7 Å². The number of hydrogen-bond donors (Lipinski definition) is 2. The van der Waals surface area contributed by atoms with E-state index in [9.17, 15) is 4.79 Å². The second kappa shape index (κ2) is 9.59. The quantitative estimate of drug-likeness (QED) is 0.363. The summed E-state index contributed by atoms with van der Waals surface area (Å²) in [6, 6.07) is 11.8. The predicted molar refractivity (Wildman–Crippen MR) is 110 cm³/mol. The van der Waals surface area contributed by atoms with Crippen LogP contribution in [0.5, 0.6) is 0 Å². The van der Waals surface area contributed by atoms with Crippen LogP contribution in [-0.2, 0) is 24.4 Å². The molecular weight excluding hydrogens is 370 g/mol. The minimum Gasteiger partial charge on any atom is -0.465 e. The summed E-state index contributed by atoms with van der Waals surface area (Å²) >= 11 is 0. The van der Waals surface area contributed by atoms with Crippen molar-refractivity contribution in [3.05, 3.63) is 77.0 Å². The van der Waals surface area contributed by atoms with Crippen molar-refractivity contribution in [2.75, 3.05) is 14.2 Å². The number of nitrogens with one attached hydrogen (secondary N) is 2. The van der Waals surface area contributed by atoms with Gasteiger partial charge in [0.25, 0.3) is 0 Å². The Morgan fingerprint density at radius 1 is 1.21 bits per heavy atom. The highest BCUT2D eigenvalue weighted by atomic mass is 16.5. The molecule has 2 heterocycles. The summed E-state index contributed by atoms with van der Waals surface area (Å²) in [6.45, 7) is 3.45. The lowest BCUT2D eigenvalue weighted by Gasteiger charge is -2.14. The van der Waals surface area contributed by atoms with Crippen LogP contribution in [0.3, 0.4) is 0 Å². The molecule has 2 N–H and O–H groups in total. The van der Waals surface area contributed by atoms with Gasteiger partial charge in [-0.15, -0.1) is 0 Å². The summed E-state index contributed by atoms with van der Waals surface area (Å²) < 4.78 is 12.3. The number of hydrogen-bond acceptors (Lipinski definition) is 5. The van der Waals surface area contributed by atoms with Gasteiger partial charge in [-0.25, -0.2) is 4.79 Å². The number of ether oxygens (including phenoxy) is 1. The molecule has 29 heavy (non-hydrogen) atoms. The van der Waals surface area contributed by atoms with Gasteiger partial charge in [-0.05, 0) is 30.2 Å². The first-order chi connectivity index (χ1) is 14.1. The van der Waals surface area contributed by atoms with Gasteiger partial charge < -0.3 is 19.8 Å². The molecule has 3 aromatic rings. The molecule has 0 atom stereocenters. The van der Waals surface area contributed by atoms with Gasteiger partial charge >= 0.3 is 5.97 Å². The van der Waals surface area contributed by atoms with E-state index in [1.807, 2.05) is 29.1 Å². The fraction of sp³-hybridized carbons (Fsp3) is 0.286. The van der Waals surface area contributed by atoms with E-state index >= 15 is 0 Å². The third-order valence-electron chi connectivity index (χ3n) is 4.48. The van der Waals surface area contributed by atoms with Crippen molar-refractivity contribution >= 4 is 11.9 Å². The molecule has 8 heteroatoms. The number of methoxy groups -OCH3 is 1. The molecule has 152 valence electrons. The largest absolute Gasteiger partial charge is 0.465 e. The van der Waals surface area contributed by atoms with E-state index in [0.29, 0.717) is 42.7 Å². The second-order valence-corrected chi connectivity index (χ2v) is 6.43. The number of nitrogens with zero attached hydrogens (tertiary/aromatic N) is 3. The van der Waals surface area contributed by atoms with Crippen molar-refractivity contribution < 1.29 is 13.9 Å². The zero-order valence-corrected chi connectivity index (χ0v) is 16.8. The van der Waals surface area contributed by atoms with Gasteiger partial charge in [-0.3, -0.25) is 9.67 Å². The van der Waals surface area contributed by atoms with Crippen LogP contribution in [0.4, 0.5) is 0 Å². The van der Waals surface area contributed by atoms with Gasteiger partial charge in [0.1, 0.15) is 17.1 Å². The first-order valence-corrected chi connectivity index (χ1v) is 9.27. The lowest BCUT2D eigenvalue weighted by molar-refractivity contribution is 0.0599. The third kappa shape index (κ3) is 5.25. The average molecular weight is 395 g/mol. The third-order valence-corrected chi connectivity index (χ3v) is 4.48. The van der Waals surface area contributed by atoms with Crippen LogP contribution in [0.15, 0.2) is 58.2 Å². The lowest BCUT2D eigenvalue weighted by Crippen LogP contribution is -2.36.